The van der Waals surface area contributed by atoms with E-state index < -0.39 is 0 Å². The summed E-state index contributed by atoms with van der Waals surface area (Å²) in [5, 5.41) is 3.30. The van der Waals surface area contributed by atoms with E-state index in [9.17, 15) is 0 Å². The molecule has 3 heteroatoms. The zero-order valence-corrected chi connectivity index (χ0v) is 10.2. The maximum Gasteiger partial charge on any atom is 0.0450 e. The minimum atomic E-state index is 0.552. The summed E-state index contributed by atoms with van der Waals surface area (Å²) < 4.78 is 0. The van der Waals surface area contributed by atoms with Gasteiger partial charge in [0.25, 0.3) is 0 Å². The number of rotatable bonds is 4. The topological polar surface area (TPSA) is 28.2 Å². The van der Waals surface area contributed by atoms with Gasteiger partial charge in [0, 0.05) is 30.9 Å². The van der Waals surface area contributed by atoms with Crippen LogP contribution in [-0.4, -0.2) is 43.6 Å². The first kappa shape index (κ1) is 11.6. The van der Waals surface area contributed by atoms with Crippen LogP contribution in [0.2, 0.25) is 0 Å². The second-order valence-electron chi connectivity index (χ2n) is 4.73. The molecule has 1 aliphatic rings. The SMILES string of the molecule is CNCC(c1ccccn1)C1CCN(C)C1. The molecule has 1 saturated heterocycles. The van der Waals surface area contributed by atoms with E-state index in [2.05, 4.69) is 34.4 Å². The summed E-state index contributed by atoms with van der Waals surface area (Å²) in [4.78, 5) is 6.92. The van der Waals surface area contributed by atoms with Gasteiger partial charge in [-0.25, -0.2) is 0 Å². The summed E-state index contributed by atoms with van der Waals surface area (Å²) in [6.07, 6.45) is 3.19. The Bertz CT molecular complexity index is 312. The molecule has 0 aliphatic carbocycles. The van der Waals surface area contributed by atoms with Crippen molar-refractivity contribution in [3.8, 4) is 0 Å². The molecule has 16 heavy (non-hydrogen) atoms. The highest BCUT2D eigenvalue weighted by Gasteiger charge is 2.28. The molecule has 2 rings (SSSR count). The van der Waals surface area contributed by atoms with Crippen molar-refractivity contribution in [3.63, 3.8) is 0 Å². The van der Waals surface area contributed by atoms with Gasteiger partial charge in [-0.1, -0.05) is 6.07 Å². The molecule has 0 saturated carbocycles. The third-order valence-corrected chi connectivity index (χ3v) is 3.49. The predicted molar refractivity (Wildman–Crippen MR) is 66.5 cm³/mol. The first-order valence-corrected chi connectivity index (χ1v) is 6.05. The third kappa shape index (κ3) is 2.60. The number of likely N-dealkylation sites (N-methyl/N-ethyl adjacent to an activating group) is 1. The highest BCUT2D eigenvalue weighted by molar-refractivity contribution is 5.12. The molecule has 3 nitrogen and oxygen atoms in total. The van der Waals surface area contributed by atoms with Crippen molar-refractivity contribution in [2.75, 3.05) is 33.7 Å². The van der Waals surface area contributed by atoms with E-state index in [4.69, 9.17) is 0 Å². The first-order chi connectivity index (χ1) is 7.81. The minimum Gasteiger partial charge on any atom is -0.319 e. The second kappa shape index (κ2) is 5.41. The number of hydrogen-bond donors (Lipinski definition) is 1. The van der Waals surface area contributed by atoms with Crippen LogP contribution in [0.15, 0.2) is 24.4 Å². The Balaban J connectivity index is 2.11. The van der Waals surface area contributed by atoms with Crippen molar-refractivity contribution in [1.29, 1.82) is 0 Å². The van der Waals surface area contributed by atoms with Crippen LogP contribution in [0.1, 0.15) is 18.0 Å². The molecular weight excluding hydrogens is 198 g/mol. The quantitative estimate of drug-likeness (QED) is 0.828. The van der Waals surface area contributed by atoms with Gasteiger partial charge in [-0.05, 0) is 45.1 Å². The van der Waals surface area contributed by atoms with Crippen LogP contribution >= 0.6 is 0 Å². The Morgan fingerprint density at radius 2 is 2.44 bits per heavy atom. The van der Waals surface area contributed by atoms with Gasteiger partial charge in [-0.3, -0.25) is 4.98 Å². The lowest BCUT2D eigenvalue weighted by Crippen LogP contribution is -2.26. The van der Waals surface area contributed by atoms with Gasteiger partial charge in [0.15, 0.2) is 0 Å². The maximum atomic E-state index is 4.51. The van der Waals surface area contributed by atoms with Crippen LogP contribution in [0, 0.1) is 5.92 Å². The molecule has 1 aromatic heterocycles. The fourth-order valence-electron chi connectivity index (χ4n) is 2.63. The van der Waals surface area contributed by atoms with Crippen molar-refractivity contribution in [2.24, 2.45) is 5.92 Å². The number of likely N-dealkylation sites (tertiary alicyclic amines) is 1. The maximum absolute atomic E-state index is 4.51. The molecule has 0 radical (unpaired) electrons. The standard InChI is InChI=1S/C13H21N3/c1-14-9-12(11-6-8-16(2)10-11)13-5-3-4-7-15-13/h3-5,7,11-12,14H,6,8-10H2,1-2H3. The van der Waals surface area contributed by atoms with E-state index >= 15 is 0 Å². The Morgan fingerprint density at radius 1 is 1.56 bits per heavy atom. The summed E-state index contributed by atoms with van der Waals surface area (Å²) in [5.74, 6) is 1.29. The van der Waals surface area contributed by atoms with Crippen molar-refractivity contribution < 1.29 is 0 Å². The summed E-state index contributed by atoms with van der Waals surface area (Å²) in [5.41, 5.74) is 1.23. The molecule has 2 unspecified atom stereocenters. The lowest BCUT2D eigenvalue weighted by molar-refractivity contribution is 0.363. The number of aromatic nitrogens is 1. The van der Waals surface area contributed by atoms with E-state index in [1.54, 1.807) is 0 Å². The van der Waals surface area contributed by atoms with Gasteiger partial charge in [0.2, 0.25) is 0 Å². The molecule has 1 N–H and O–H groups in total. The third-order valence-electron chi connectivity index (χ3n) is 3.49. The molecule has 2 heterocycles. The molecule has 1 aliphatic heterocycles. The van der Waals surface area contributed by atoms with Gasteiger partial charge >= 0.3 is 0 Å². The highest BCUT2D eigenvalue weighted by atomic mass is 15.1. The van der Waals surface area contributed by atoms with Crippen LogP contribution in [0.5, 0.6) is 0 Å². The summed E-state index contributed by atoms with van der Waals surface area (Å²) in [6.45, 7) is 3.44. The first-order valence-electron chi connectivity index (χ1n) is 6.05. The van der Waals surface area contributed by atoms with Crippen LogP contribution in [0.3, 0.4) is 0 Å². The van der Waals surface area contributed by atoms with E-state index in [1.807, 2.05) is 19.3 Å². The summed E-state index contributed by atoms with van der Waals surface area (Å²) in [7, 11) is 4.23. The van der Waals surface area contributed by atoms with E-state index in [0.717, 1.165) is 12.5 Å². The lowest BCUT2D eigenvalue weighted by atomic mass is 9.88. The molecule has 2 atom stereocenters. The van der Waals surface area contributed by atoms with E-state index in [0.29, 0.717) is 5.92 Å². The number of nitrogens with one attached hydrogen (secondary N) is 1. The van der Waals surface area contributed by atoms with Crippen molar-refractivity contribution in [1.82, 2.24) is 15.2 Å². The van der Waals surface area contributed by atoms with Gasteiger partial charge in [-0.15, -0.1) is 0 Å². The smallest absolute Gasteiger partial charge is 0.0450 e. The minimum absolute atomic E-state index is 0.552. The average Bonchev–Trinajstić information content (AvgIpc) is 2.74. The average molecular weight is 219 g/mol. The zero-order valence-electron chi connectivity index (χ0n) is 10.2. The molecule has 0 spiro atoms. The Hall–Kier alpha value is -0.930. The highest BCUT2D eigenvalue weighted by Crippen LogP contribution is 2.29. The Labute approximate surface area is 97.9 Å². The molecule has 1 fully saturated rings. The fraction of sp³-hybridized carbons (Fsp3) is 0.615. The molecule has 0 aromatic carbocycles. The van der Waals surface area contributed by atoms with Gasteiger partial charge in [0.05, 0.1) is 0 Å². The summed E-state index contributed by atoms with van der Waals surface area (Å²) >= 11 is 0. The van der Waals surface area contributed by atoms with Crippen molar-refractivity contribution in [2.45, 2.75) is 12.3 Å². The van der Waals surface area contributed by atoms with Crippen molar-refractivity contribution >= 4 is 0 Å². The zero-order chi connectivity index (χ0) is 11.4. The van der Waals surface area contributed by atoms with Crippen LogP contribution in [0.4, 0.5) is 0 Å². The molecule has 88 valence electrons. The number of hydrogen-bond acceptors (Lipinski definition) is 3. The van der Waals surface area contributed by atoms with Crippen LogP contribution in [-0.2, 0) is 0 Å². The predicted octanol–water partition coefficient (Wildman–Crippen LogP) is 1.34. The molecule has 0 amide bonds. The number of pyridine rings is 1. The lowest BCUT2D eigenvalue weighted by Gasteiger charge is -2.22. The Morgan fingerprint density at radius 3 is 3.00 bits per heavy atom. The molecular formula is C13H21N3. The van der Waals surface area contributed by atoms with E-state index in [-0.39, 0.29) is 0 Å². The molecule has 1 aromatic rings. The fourth-order valence-corrected chi connectivity index (χ4v) is 2.63. The molecule has 0 bridgehead atoms. The van der Waals surface area contributed by atoms with Gasteiger partial charge < -0.3 is 10.2 Å². The van der Waals surface area contributed by atoms with Gasteiger partial charge in [-0.2, -0.15) is 0 Å². The van der Waals surface area contributed by atoms with Crippen LogP contribution < -0.4 is 5.32 Å². The normalized spacial score (nSPS) is 23.5. The monoisotopic (exact) mass is 219 g/mol. The largest absolute Gasteiger partial charge is 0.319 e. The second-order valence-corrected chi connectivity index (χ2v) is 4.73. The van der Waals surface area contributed by atoms with E-state index in [1.165, 1.54) is 25.2 Å². The summed E-state index contributed by atoms with van der Waals surface area (Å²) in [6, 6.07) is 6.23. The van der Waals surface area contributed by atoms with Gasteiger partial charge in [0.1, 0.15) is 0 Å². The van der Waals surface area contributed by atoms with Crippen LogP contribution in [0.25, 0.3) is 0 Å². The Kier molecular flexibility index (Phi) is 3.91. The number of nitrogens with zero attached hydrogens (tertiary/aromatic N) is 2. The van der Waals surface area contributed by atoms with Crippen molar-refractivity contribution in [3.05, 3.63) is 30.1 Å².